The highest BCUT2D eigenvalue weighted by Gasteiger charge is 2.17. The van der Waals surface area contributed by atoms with Gasteiger partial charge in [-0.15, -0.1) is 0 Å². The largest absolute Gasteiger partial charge is 0.329 e. The van der Waals surface area contributed by atoms with Crippen molar-refractivity contribution in [3.8, 4) is 0 Å². The molecule has 0 fully saturated rings. The molecule has 0 aliphatic carbocycles. The van der Waals surface area contributed by atoms with E-state index in [9.17, 15) is 9.36 Å². The van der Waals surface area contributed by atoms with Crippen LogP contribution in [0.1, 0.15) is 16.7 Å². The Kier molecular flexibility index (Phi) is 3.15. The predicted octanol–water partition coefficient (Wildman–Crippen LogP) is 1.82. The van der Waals surface area contributed by atoms with Gasteiger partial charge in [-0.05, 0) is 36.6 Å². The molecular weight excluding hydrogens is 253 g/mol. The first-order chi connectivity index (χ1) is 8.26. The highest BCUT2D eigenvalue weighted by atomic mass is 31.2. The third-order valence-corrected chi connectivity index (χ3v) is 3.49. The van der Waals surface area contributed by atoms with Crippen molar-refractivity contribution in [2.75, 3.05) is 0 Å². The topological polar surface area (TPSA) is 90.4 Å². The summed E-state index contributed by atoms with van der Waals surface area (Å²) >= 11 is 0. The number of pyridine rings is 1. The Morgan fingerprint density at radius 1 is 1.22 bits per heavy atom. The van der Waals surface area contributed by atoms with Crippen LogP contribution in [0.15, 0.2) is 23.0 Å². The number of rotatable bonds is 2. The fraction of sp³-hybridized carbons (Fsp3) is 0.250. The van der Waals surface area contributed by atoms with Crippen LogP contribution in [0.5, 0.6) is 0 Å². The van der Waals surface area contributed by atoms with E-state index in [4.69, 9.17) is 9.79 Å². The molecule has 1 heterocycles. The molecule has 0 unspecified atom stereocenters. The lowest BCUT2D eigenvalue weighted by molar-refractivity contribution is 0.372. The molecule has 0 bridgehead atoms. The molecule has 1 aromatic carbocycles. The Balaban J connectivity index is 2.80. The summed E-state index contributed by atoms with van der Waals surface area (Å²) in [6, 6.07) is 4.97. The Morgan fingerprint density at radius 2 is 1.89 bits per heavy atom. The van der Waals surface area contributed by atoms with Crippen LogP contribution in [-0.2, 0) is 10.7 Å². The normalized spacial score (nSPS) is 12.0. The van der Waals surface area contributed by atoms with Crippen LogP contribution in [-0.4, -0.2) is 14.8 Å². The van der Waals surface area contributed by atoms with Crippen LogP contribution >= 0.6 is 7.60 Å². The lowest BCUT2D eigenvalue weighted by Gasteiger charge is -2.11. The molecule has 5 nitrogen and oxygen atoms in total. The van der Waals surface area contributed by atoms with Crippen molar-refractivity contribution >= 4 is 18.5 Å². The van der Waals surface area contributed by atoms with Crippen LogP contribution in [0.3, 0.4) is 0 Å². The molecule has 0 saturated carbocycles. The molecule has 2 aromatic rings. The molecule has 0 aliphatic rings. The van der Waals surface area contributed by atoms with E-state index in [1.54, 1.807) is 6.07 Å². The first-order valence-corrected chi connectivity index (χ1v) is 7.24. The zero-order valence-electron chi connectivity index (χ0n) is 10.1. The molecule has 0 radical (unpaired) electrons. The molecule has 18 heavy (non-hydrogen) atoms. The molecule has 6 heteroatoms. The highest BCUT2D eigenvalue weighted by molar-refractivity contribution is 7.50. The minimum absolute atomic E-state index is 0.351. The Morgan fingerprint density at radius 3 is 2.50 bits per heavy atom. The van der Waals surface area contributed by atoms with Gasteiger partial charge in [-0.1, -0.05) is 6.07 Å². The standard InChI is InChI=1S/C12H14NO4P/c1-7-3-8(2)12-9(6-18(15,16)17)5-11(14)13-10(12)4-7/h3-5H,6H2,1-2H3,(H,13,14)(H2,15,16,17). The number of aryl methyl sites for hydroxylation is 2. The summed E-state index contributed by atoms with van der Waals surface area (Å²) in [6.07, 6.45) is -0.419. The van der Waals surface area contributed by atoms with Gasteiger partial charge in [0.25, 0.3) is 0 Å². The van der Waals surface area contributed by atoms with Gasteiger partial charge in [-0.25, -0.2) is 0 Å². The average molecular weight is 267 g/mol. The number of fused-ring (bicyclic) bond motifs is 1. The number of aromatic amines is 1. The number of hydrogen-bond acceptors (Lipinski definition) is 2. The van der Waals surface area contributed by atoms with Gasteiger partial charge in [0.15, 0.2) is 0 Å². The fourth-order valence-corrected chi connectivity index (χ4v) is 2.93. The van der Waals surface area contributed by atoms with E-state index < -0.39 is 13.8 Å². The smallest absolute Gasteiger partial charge is 0.324 e. The summed E-state index contributed by atoms with van der Waals surface area (Å²) in [5.74, 6) is 0. The fourth-order valence-electron chi connectivity index (χ4n) is 2.24. The molecule has 0 aliphatic heterocycles. The molecule has 0 saturated heterocycles. The predicted molar refractivity (Wildman–Crippen MR) is 69.8 cm³/mol. The molecular formula is C12H14NO4P. The Bertz CT molecular complexity index is 714. The average Bonchev–Trinajstić information content (AvgIpc) is 2.11. The third kappa shape index (κ3) is 2.70. The maximum Gasteiger partial charge on any atom is 0.329 e. The number of benzene rings is 1. The van der Waals surface area contributed by atoms with Crippen LogP contribution in [0.4, 0.5) is 0 Å². The van der Waals surface area contributed by atoms with Crippen molar-refractivity contribution in [3.05, 3.63) is 45.2 Å². The lowest BCUT2D eigenvalue weighted by atomic mass is 10.0. The number of nitrogens with one attached hydrogen (secondary N) is 1. The SMILES string of the molecule is Cc1cc(C)c2c(CP(=O)(O)O)cc(=O)[nH]c2c1. The molecule has 0 atom stereocenters. The summed E-state index contributed by atoms with van der Waals surface area (Å²) in [5, 5.41) is 0.712. The maximum absolute atomic E-state index is 11.5. The third-order valence-electron chi connectivity index (χ3n) is 2.74. The van der Waals surface area contributed by atoms with E-state index in [0.29, 0.717) is 16.5 Å². The molecule has 0 spiro atoms. The maximum atomic E-state index is 11.5. The quantitative estimate of drug-likeness (QED) is 0.724. The molecule has 96 valence electrons. The van der Waals surface area contributed by atoms with E-state index in [1.165, 1.54) is 6.07 Å². The zero-order chi connectivity index (χ0) is 13.5. The summed E-state index contributed by atoms with van der Waals surface area (Å²) < 4.78 is 11.1. The Hall–Kier alpha value is -1.42. The van der Waals surface area contributed by atoms with E-state index in [-0.39, 0.29) is 5.56 Å². The number of aromatic nitrogens is 1. The van der Waals surface area contributed by atoms with E-state index in [2.05, 4.69) is 4.98 Å². The van der Waals surface area contributed by atoms with Gasteiger partial charge in [0.1, 0.15) is 0 Å². The zero-order valence-corrected chi connectivity index (χ0v) is 11.0. The second-order valence-corrected chi connectivity index (χ2v) is 6.13. The van der Waals surface area contributed by atoms with Crippen LogP contribution in [0.25, 0.3) is 10.9 Å². The van der Waals surface area contributed by atoms with Gasteiger partial charge in [0, 0.05) is 17.0 Å². The van der Waals surface area contributed by atoms with Crippen molar-refractivity contribution in [1.82, 2.24) is 4.98 Å². The van der Waals surface area contributed by atoms with Crippen molar-refractivity contribution < 1.29 is 14.4 Å². The van der Waals surface area contributed by atoms with Crippen molar-refractivity contribution in [2.24, 2.45) is 0 Å². The monoisotopic (exact) mass is 267 g/mol. The summed E-state index contributed by atoms with van der Waals surface area (Å²) in [4.78, 5) is 32.3. The number of hydrogen-bond donors (Lipinski definition) is 3. The minimum atomic E-state index is -4.20. The van der Waals surface area contributed by atoms with Gasteiger partial charge in [-0.2, -0.15) is 0 Å². The summed E-state index contributed by atoms with van der Waals surface area (Å²) in [7, 11) is -4.20. The van der Waals surface area contributed by atoms with Gasteiger partial charge >= 0.3 is 7.60 Å². The Labute approximate surface area is 104 Å². The van der Waals surface area contributed by atoms with Gasteiger partial charge in [-0.3, -0.25) is 9.36 Å². The molecule has 0 amide bonds. The second kappa shape index (κ2) is 4.35. The van der Waals surface area contributed by atoms with E-state index in [1.807, 2.05) is 19.9 Å². The van der Waals surface area contributed by atoms with Crippen LogP contribution < -0.4 is 5.56 Å². The first-order valence-electron chi connectivity index (χ1n) is 5.44. The van der Waals surface area contributed by atoms with Crippen LogP contribution in [0, 0.1) is 13.8 Å². The number of H-pyrrole nitrogens is 1. The molecule has 3 N–H and O–H groups in total. The van der Waals surface area contributed by atoms with E-state index >= 15 is 0 Å². The molecule has 2 rings (SSSR count). The van der Waals surface area contributed by atoms with Crippen molar-refractivity contribution in [3.63, 3.8) is 0 Å². The highest BCUT2D eigenvalue weighted by Crippen LogP contribution is 2.40. The van der Waals surface area contributed by atoms with Crippen LogP contribution in [0.2, 0.25) is 0 Å². The van der Waals surface area contributed by atoms with Crippen molar-refractivity contribution in [1.29, 1.82) is 0 Å². The minimum Gasteiger partial charge on any atom is -0.324 e. The van der Waals surface area contributed by atoms with Gasteiger partial charge in [0.2, 0.25) is 5.56 Å². The first kappa shape index (κ1) is 13.0. The summed E-state index contributed by atoms with van der Waals surface area (Å²) in [6.45, 7) is 3.76. The molecule has 1 aromatic heterocycles. The van der Waals surface area contributed by atoms with E-state index in [0.717, 1.165) is 11.1 Å². The second-order valence-electron chi connectivity index (χ2n) is 4.49. The van der Waals surface area contributed by atoms with Gasteiger partial charge < -0.3 is 14.8 Å². The summed E-state index contributed by atoms with van der Waals surface area (Å²) in [5.41, 5.74) is 2.53. The van der Waals surface area contributed by atoms with Gasteiger partial charge in [0.05, 0.1) is 6.16 Å². The lowest BCUT2D eigenvalue weighted by Crippen LogP contribution is -2.07. The van der Waals surface area contributed by atoms with Crippen molar-refractivity contribution in [2.45, 2.75) is 20.0 Å².